The third-order valence-corrected chi connectivity index (χ3v) is 2.28. The lowest BCUT2D eigenvalue weighted by Gasteiger charge is -2.07. The highest BCUT2D eigenvalue weighted by Crippen LogP contribution is 2.17. The van der Waals surface area contributed by atoms with Gasteiger partial charge in [-0.15, -0.1) is 0 Å². The summed E-state index contributed by atoms with van der Waals surface area (Å²) in [7, 11) is 0. The van der Waals surface area contributed by atoms with Crippen molar-refractivity contribution in [3.63, 3.8) is 0 Å². The number of benzene rings is 1. The Labute approximate surface area is 106 Å². The summed E-state index contributed by atoms with van der Waals surface area (Å²) < 4.78 is 5.39. The number of aromatic nitrogens is 2. The summed E-state index contributed by atoms with van der Waals surface area (Å²) in [4.78, 5) is 8.35. The zero-order chi connectivity index (χ0) is 12.8. The van der Waals surface area contributed by atoms with Crippen molar-refractivity contribution < 1.29 is 4.74 Å². The van der Waals surface area contributed by atoms with Crippen LogP contribution in [-0.2, 0) is 0 Å². The SMILES string of the molecule is Cc1cnc(Nc2ccc(OCCN)cc2)nc1. The molecule has 0 bridgehead atoms. The van der Waals surface area contributed by atoms with Gasteiger partial charge < -0.3 is 15.8 Å². The van der Waals surface area contributed by atoms with Gasteiger partial charge in [0.05, 0.1) is 0 Å². The molecule has 0 spiro atoms. The van der Waals surface area contributed by atoms with Crippen molar-refractivity contribution in [2.45, 2.75) is 6.92 Å². The van der Waals surface area contributed by atoms with Crippen LogP contribution in [0.4, 0.5) is 11.6 Å². The Morgan fingerprint density at radius 3 is 2.44 bits per heavy atom. The highest BCUT2D eigenvalue weighted by Gasteiger charge is 1.98. The fourth-order valence-electron chi connectivity index (χ4n) is 1.40. The van der Waals surface area contributed by atoms with Crippen LogP contribution in [-0.4, -0.2) is 23.1 Å². The normalized spacial score (nSPS) is 10.1. The molecule has 0 aliphatic heterocycles. The van der Waals surface area contributed by atoms with Crippen LogP contribution in [0.15, 0.2) is 36.7 Å². The molecule has 94 valence electrons. The van der Waals surface area contributed by atoms with Gasteiger partial charge in [0.15, 0.2) is 0 Å². The van der Waals surface area contributed by atoms with Gasteiger partial charge in [-0.05, 0) is 36.8 Å². The number of nitrogens with zero attached hydrogens (tertiary/aromatic N) is 2. The van der Waals surface area contributed by atoms with Gasteiger partial charge in [0.2, 0.25) is 5.95 Å². The van der Waals surface area contributed by atoms with Gasteiger partial charge in [-0.25, -0.2) is 9.97 Å². The molecule has 1 aromatic heterocycles. The van der Waals surface area contributed by atoms with Crippen LogP contribution >= 0.6 is 0 Å². The second kappa shape index (κ2) is 5.97. The van der Waals surface area contributed by atoms with E-state index in [2.05, 4.69) is 15.3 Å². The van der Waals surface area contributed by atoms with Gasteiger partial charge in [-0.3, -0.25) is 0 Å². The van der Waals surface area contributed by atoms with Gasteiger partial charge in [0.1, 0.15) is 12.4 Å². The van der Waals surface area contributed by atoms with Gasteiger partial charge in [-0.2, -0.15) is 0 Å². The predicted molar refractivity (Wildman–Crippen MR) is 71.0 cm³/mol. The van der Waals surface area contributed by atoms with Gasteiger partial charge in [0, 0.05) is 24.6 Å². The van der Waals surface area contributed by atoms with E-state index in [0.717, 1.165) is 17.0 Å². The van der Waals surface area contributed by atoms with E-state index in [-0.39, 0.29) is 0 Å². The Morgan fingerprint density at radius 2 is 1.83 bits per heavy atom. The summed E-state index contributed by atoms with van der Waals surface area (Å²) in [5.41, 5.74) is 7.32. The zero-order valence-electron chi connectivity index (χ0n) is 10.3. The first-order chi connectivity index (χ1) is 8.78. The molecule has 0 saturated heterocycles. The number of nitrogens with one attached hydrogen (secondary N) is 1. The lowest BCUT2D eigenvalue weighted by molar-refractivity contribution is 0.328. The first kappa shape index (κ1) is 12.3. The summed E-state index contributed by atoms with van der Waals surface area (Å²) in [5.74, 6) is 1.38. The summed E-state index contributed by atoms with van der Waals surface area (Å²) in [6.07, 6.45) is 3.54. The summed E-state index contributed by atoms with van der Waals surface area (Å²) in [5, 5.41) is 3.11. The molecule has 5 nitrogen and oxygen atoms in total. The van der Waals surface area contributed by atoms with Crippen molar-refractivity contribution in [1.82, 2.24) is 9.97 Å². The average molecular weight is 244 g/mol. The minimum atomic E-state index is 0.511. The first-order valence-electron chi connectivity index (χ1n) is 5.76. The maximum atomic E-state index is 5.39. The Bertz CT molecular complexity index is 481. The lowest BCUT2D eigenvalue weighted by atomic mass is 10.3. The van der Waals surface area contributed by atoms with E-state index in [1.807, 2.05) is 31.2 Å². The van der Waals surface area contributed by atoms with Crippen molar-refractivity contribution in [1.29, 1.82) is 0 Å². The van der Waals surface area contributed by atoms with Gasteiger partial charge in [-0.1, -0.05) is 0 Å². The maximum Gasteiger partial charge on any atom is 0.227 e. The quantitative estimate of drug-likeness (QED) is 0.840. The molecule has 3 N–H and O–H groups in total. The molecule has 18 heavy (non-hydrogen) atoms. The summed E-state index contributed by atoms with van der Waals surface area (Å²) in [6, 6.07) is 7.59. The molecular formula is C13H16N4O. The van der Waals surface area contributed by atoms with E-state index in [4.69, 9.17) is 10.5 Å². The molecule has 0 radical (unpaired) electrons. The molecule has 0 unspecified atom stereocenters. The molecule has 2 aromatic rings. The van der Waals surface area contributed by atoms with E-state index >= 15 is 0 Å². The van der Waals surface area contributed by atoms with E-state index in [1.165, 1.54) is 0 Å². The smallest absolute Gasteiger partial charge is 0.227 e. The molecular weight excluding hydrogens is 228 g/mol. The van der Waals surface area contributed by atoms with Gasteiger partial charge in [0.25, 0.3) is 0 Å². The molecule has 5 heteroatoms. The summed E-state index contributed by atoms with van der Waals surface area (Å²) >= 11 is 0. The van der Waals surface area contributed by atoms with Crippen LogP contribution in [0.1, 0.15) is 5.56 Å². The minimum Gasteiger partial charge on any atom is -0.492 e. The van der Waals surface area contributed by atoms with Gasteiger partial charge >= 0.3 is 0 Å². The Kier molecular flexibility index (Phi) is 4.09. The number of anilines is 2. The van der Waals surface area contributed by atoms with Crippen LogP contribution in [0.5, 0.6) is 5.75 Å². The summed E-state index contributed by atoms with van der Waals surface area (Å²) in [6.45, 7) is 2.98. The van der Waals surface area contributed by atoms with Crippen LogP contribution < -0.4 is 15.8 Å². The number of rotatable bonds is 5. The Balaban J connectivity index is 1.99. The van der Waals surface area contributed by atoms with Crippen molar-refractivity contribution >= 4 is 11.6 Å². The average Bonchev–Trinajstić information content (AvgIpc) is 2.41. The lowest BCUT2D eigenvalue weighted by Crippen LogP contribution is -2.10. The van der Waals surface area contributed by atoms with E-state index in [1.54, 1.807) is 12.4 Å². The Morgan fingerprint density at radius 1 is 1.17 bits per heavy atom. The molecule has 1 aromatic carbocycles. The van der Waals surface area contributed by atoms with Crippen LogP contribution in [0.2, 0.25) is 0 Å². The standard InChI is InChI=1S/C13H16N4O/c1-10-8-15-13(16-9-10)17-11-2-4-12(5-3-11)18-7-6-14/h2-5,8-9H,6-7,14H2,1H3,(H,15,16,17). The second-order valence-electron chi connectivity index (χ2n) is 3.87. The topological polar surface area (TPSA) is 73.1 Å². The second-order valence-corrected chi connectivity index (χ2v) is 3.87. The van der Waals surface area contributed by atoms with E-state index < -0.39 is 0 Å². The molecule has 0 saturated carbocycles. The minimum absolute atomic E-state index is 0.511. The number of ether oxygens (including phenoxy) is 1. The third-order valence-electron chi connectivity index (χ3n) is 2.28. The monoisotopic (exact) mass is 244 g/mol. The highest BCUT2D eigenvalue weighted by molar-refractivity contribution is 5.54. The number of aryl methyl sites for hydroxylation is 1. The van der Waals surface area contributed by atoms with Crippen LogP contribution in [0.3, 0.4) is 0 Å². The molecule has 2 rings (SSSR count). The molecule has 0 fully saturated rings. The van der Waals surface area contributed by atoms with Crippen LogP contribution in [0.25, 0.3) is 0 Å². The molecule has 1 heterocycles. The Hall–Kier alpha value is -2.14. The number of hydrogen-bond donors (Lipinski definition) is 2. The van der Waals surface area contributed by atoms with Crippen molar-refractivity contribution in [2.24, 2.45) is 5.73 Å². The number of nitrogens with two attached hydrogens (primary N) is 1. The fourth-order valence-corrected chi connectivity index (χ4v) is 1.40. The maximum absolute atomic E-state index is 5.39. The van der Waals surface area contributed by atoms with Crippen molar-refractivity contribution in [2.75, 3.05) is 18.5 Å². The van der Waals surface area contributed by atoms with E-state index in [0.29, 0.717) is 19.1 Å². The van der Waals surface area contributed by atoms with Crippen molar-refractivity contribution in [3.8, 4) is 5.75 Å². The molecule has 0 atom stereocenters. The molecule has 0 amide bonds. The fraction of sp³-hybridized carbons (Fsp3) is 0.231. The molecule has 0 aliphatic rings. The first-order valence-corrected chi connectivity index (χ1v) is 5.76. The highest BCUT2D eigenvalue weighted by atomic mass is 16.5. The van der Waals surface area contributed by atoms with E-state index in [9.17, 15) is 0 Å². The predicted octanol–water partition coefficient (Wildman–Crippen LogP) is 1.87. The third kappa shape index (κ3) is 3.43. The van der Waals surface area contributed by atoms with Crippen molar-refractivity contribution in [3.05, 3.63) is 42.2 Å². The number of hydrogen-bond acceptors (Lipinski definition) is 5. The largest absolute Gasteiger partial charge is 0.492 e. The van der Waals surface area contributed by atoms with Crippen LogP contribution in [0, 0.1) is 6.92 Å². The zero-order valence-corrected chi connectivity index (χ0v) is 10.3. The molecule has 0 aliphatic carbocycles.